The molecule has 4 heteroatoms. The minimum absolute atomic E-state index is 0.416. The minimum Gasteiger partial charge on any atom is -0.382 e. The van der Waals surface area contributed by atoms with Crippen molar-refractivity contribution in [1.82, 2.24) is 15.2 Å². The quantitative estimate of drug-likeness (QED) is 0.745. The maximum atomic E-state index is 6.03. The van der Waals surface area contributed by atoms with Crippen LogP contribution in [0.15, 0.2) is 18.5 Å². The van der Waals surface area contributed by atoms with E-state index in [4.69, 9.17) is 5.73 Å². The number of nitrogens with zero attached hydrogens (tertiary/aromatic N) is 3. The predicted octanol–water partition coefficient (Wildman–Crippen LogP) is 4.81. The Hall–Kier alpha value is -1.97. The average molecular weight is 312 g/mol. The molecule has 0 aliphatic heterocycles. The number of anilines is 1. The van der Waals surface area contributed by atoms with Crippen molar-refractivity contribution in [1.29, 1.82) is 0 Å². The Balaban J connectivity index is 2.37. The number of hydrogen-bond donors (Lipinski definition) is 1. The van der Waals surface area contributed by atoms with Crippen LogP contribution in [0.4, 0.5) is 5.82 Å². The first-order chi connectivity index (χ1) is 11.1. The molecule has 124 valence electrons. The number of hydrogen-bond acceptors (Lipinski definition) is 4. The summed E-state index contributed by atoms with van der Waals surface area (Å²) in [5, 5.41) is 8.57. The maximum Gasteiger partial charge on any atom is 0.149 e. The molecule has 1 unspecified atom stereocenters. The molecule has 0 radical (unpaired) electrons. The van der Waals surface area contributed by atoms with Crippen molar-refractivity contribution in [2.75, 3.05) is 5.73 Å². The fourth-order valence-corrected chi connectivity index (χ4v) is 3.08. The van der Waals surface area contributed by atoms with Crippen LogP contribution in [0.2, 0.25) is 0 Å². The van der Waals surface area contributed by atoms with Crippen LogP contribution < -0.4 is 5.73 Å². The Morgan fingerprint density at radius 2 is 1.91 bits per heavy atom. The van der Waals surface area contributed by atoms with Gasteiger partial charge in [-0.15, -0.1) is 10.2 Å². The molecule has 2 rings (SSSR count). The summed E-state index contributed by atoms with van der Waals surface area (Å²) in [5.41, 5.74) is 11.5. The van der Waals surface area contributed by atoms with Crippen molar-refractivity contribution in [2.24, 2.45) is 0 Å². The summed E-state index contributed by atoms with van der Waals surface area (Å²) < 4.78 is 0. The summed E-state index contributed by atoms with van der Waals surface area (Å²) in [6, 6.07) is 2.01. The average Bonchev–Trinajstić information content (AvgIpc) is 2.54. The van der Waals surface area contributed by atoms with Gasteiger partial charge < -0.3 is 5.73 Å². The van der Waals surface area contributed by atoms with Crippen molar-refractivity contribution in [3.05, 3.63) is 35.2 Å². The molecule has 0 aromatic carbocycles. The van der Waals surface area contributed by atoms with E-state index < -0.39 is 0 Å². The van der Waals surface area contributed by atoms with Gasteiger partial charge in [0, 0.05) is 18.0 Å². The van der Waals surface area contributed by atoms with Crippen LogP contribution in [0.5, 0.6) is 0 Å². The summed E-state index contributed by atoms with van der Waals surface area (Å²) in [7, 11) is 0. The second-order valence-corrected chi connectivity index (χ2v) is 6.41. The minimum atomic E-state index is 0.416. The van der Waals surface area contributed by atoms with Gasteiger partial charge in [-0.05, 0) is 48.9 Å². The molecular formula is C19H28N4. The Bertz CT molecular complexity index is 652. The van der Waals surface area contributed by atoms with Gasteiger partial charge in [0.25, 0.3) is 0 Å². The third-order valence-electron chi connectivity index (χ3n) is 4.58. The Kier molecular flexibility index (Phi) is 6.08. The molecule has 4 nitrogen and oxygen atoms in total. The van der Waals surface area contributed by atoms with Gasteiger partial charge in [0.2, 0.25) is 0 Å². The zero-order chi connectivity index (χ0) is 16.8. The van der Waals surface area contributed by atoms with Gasteiger partial charge in [-0.1, -0.05) is 39.5 Å². The van der Waals surface area contributed by atoms with E-state index in [0.717, 1.165) is 28.8 Å². The molecule has 0 bridgehead atoms. The molecule has 0 aliphatic rings. The molecule has 1 atom stereocenters. The SMILES string of the molecule is CCCCCCC(C)c1c(-c2cnccc2C)nnc(N)c1C. The van der Waals surface area contributed by atoms with Crippen LogP contribution >= 0.6 is 0 Å². The third kappa shape index (κ3) is 4.06. The summed E-state index contributed by atoms with van der Waals surface area (Å²) in [6.07, 6.45) is 9.93. The maximum absolute atomic E-state index is 6.03. The van der Waals surface area contributed by atoms with E-state index in [-0.39, 0.29) is 0 Å². The smallest absolute Gasteiger partial charge is 0.149 e. The molecular weight excluding hydrogens is 284 g/mol. The first-order valence-corrected chi connectivity index (χ1v) is 8.59. The molecule has 23 heavy (non-hydrogen) atoms. The number of aromatic nitrogens is 3. The van der Waals surface area contributed by atoms with Crippen LogP contribution in [0.1, 0.15) is 68.6 Å². The van der Waals surface area contributed by atoms with Crippen LogP contribution in [-0.4, -0.2) is 15.2 Å². The molecule has 2 aromatic rings. The van der Waals surface area contributed by atoms with Crippen molar-refractivity contribution >= 4 is 5.82 Å². The van der Waals surface area contributed by atoms with Crippen LogP contribution in [0, 0.1) is 13.8 Å². The number of rotatable bonds is 7. The summed E-state index contributed by atoms with van der Waals surface area (Å²) in [4.78, 5) is 4.26. The summed E-state index contributed by atoms with van der Waals surface area (Å²) >= 11 is 0. The zero-order valence-electron chi connectivity index (χ0n) is 14.8. The number of aryl methyl sites for hydroxylation is 1. The highest BCUT2D eigenvalue weighted by Crippen LogP contribution is 2.35. The molecule has 2 N–H and O–H groups in total. The highest BCUT2D eigenvalue weighted by molar-refractivity contribution is 5.69. The van der Waals surface area contributed by atoms with Gasteiger partial charge in [-0.3, -0.25) is 4.98 Å². The molecule has 0 amide bonds. The topological polar surface area (TPSA) is 64.7 Å². The first kappa shape index (κ1) is 17.4. The van der Waals surface area contributed by atoms with Crippen LogP contribution in [0.3, 0.4) is 0 Å². The van der Waals surface area contributed by atoms with E-state index in [1.807, 2.05) is 18.5 Å². The number of nitrogen functional groups attached to an aromatic ring is 1. The van der Waals surface area contributed by atoms with Gasteiger partial charge in [-0.25, -0.2) is 0 Å². The molecule has 2 heterocycles. The normalized spacial score (nSPS) is 12.3. The summed E-state index contributed by atoms with van der Waals surface area (Å²) in [6.45, 7) is 8.64. The lowest BCUT2D eigenvalue weighted by Gasteiger charge is -2.19. The van der Waals surface area contributed by atoms with Gasteiger partial charge in [0.05, 0.1) is 5.69 Å². The monoisotopic (exact) mass is 312 g/mol. The summed E-state index contributed by atoms with van der Waals surface area (Å²) in [5.74, 6) is 0.949. The fraction of sp³-hybridized carbons (Fsp3) is 0.526. The Morgan fingerprint density at radius 3 is 2.61 bits per heavy atom. The molecule has 0 aliphatic carbocycles. The van der Waals surface area contributed by atoms with Crippen molar-refractivity contribution in [2.45, 2.75) is 65.7 Å². The van der Waals surface area contributed by atoms with E-state index in [9.17, 15) is 0 Å². The number of pyridine rings is 1. The molecule has 2 aromatic heterocycles. The van der Waals surface area contributed by atoms with Crippen LogP contribution in [0.25, 0.3) is 11.3 Å². The molecule has 0 saturated carbocycles. The zero-order valence-corrected chi connectivity index (χ0v) is 14.8. The van der Waals surface area contributed by atoms with Crippen LogP contribution in [-0.2, 0) is 0 Å². The van der Waals surface area contributed by atoms with Crippen molar-refractivity contribution in [3.8, 4) is 11.3 Å². The van der Waals surface area contributed by atoms with Gasteiger partial charge in [-0.2, -0.15) is 0 Å². The lowest BCUT2D eigenvalue weighted by atomic mass is 9.88. The first-order valence-electron chi connectivity index (χ1n) is 8.59. The van der Waals surface area contributed by atoms with E-state index in [1.54, 1.807) is 0 Å². The van der Waals surface area contributed by atoms with Crippen molar-refractivity contribution in [3.63, 3.8) is 0 Å². The van der Waals surface area contributed by atoms with E-state index in [1.165, 1.54) is 31.2 Å². The lowest BCUT2D eigenvalue weighted by molar-refractivity contribution is 0.577. The fourth-order valence-electron chi connectivity index (χ4n) is 3.08. The molecule has 0 spiro atoms. The number of nitrogens with two attached hydrogens (primary N) is 1. The van der Waals surface area contributed by atoms with E-state index in [0.29, 0.717) is 11.7 Å². The molecule has 0 fully saturated rings. The highest BCUT2D eigenvalue weighted by atomic mass is 15.1. The second kappa shape index (κ2) is 8.04. The predicted molar refractivity (Wildman–Crippen MR) is 96.3 cm³/mol. The largest absolute Gasteiger partial charge is 0.382 e. The molecule has 0 saturated heterocycles. The second-order valence-electron chi connectivity index (χ2n) is 6.41. The van der Waals surface area contributed by atoms with Gasteiger partial charge in [0.15, 0.2) is 0 Å². The van der Waals surface area contributed by atoms with Crippen molar-refractivity contribution < 1.29 is 0 Å². The third-order valence-corrected chi connectivity index (χ3v) is 4.58. The number of unbranched alkanes of at least 4 members (excludes halogenated alkanes) is 3. The lowest BCUT2D eigenvalue weighted by Crippen LogP contribution is -2.08. The van der Waals surface area contributed by atoms with E-state index in [2.05, 4.69) is 42.9 Å². The Morgan fingerprint density at radius 1 is 1.13 bits per heavy atom. The Labute approximate surface area is 139 Å². The standard InChI is InChI=1S/C19H28N4/c1-5-6-7-8-9-14(3)17-15(4)19(20)23-22-18(17)16-12-21-11-10-13(16)2/h10-12,14H,5-9H2,1-4H3,(H2,20,23). The van der Waals surface area contributed by atoms with Gasteiger partial charge in [0.1, 0.15) is 5.82 Å². The highest BCUT2D eigenvalue weighted by Gasteiger charge is 2.20. The van der Waals surface area contributed by atoms with E-state index >= 15 is 0 Å². The van der Waals surface area contributed by atoms with Gasteiger partial charge >= 0.3 is 0 Å².